The molecule has 0 amide bonds. The first kappa shape index (κ1) is 26.3. The molecule has 0 heterocycles. The van der Waals surface area contributed by atoms with E-state index in [-0.39, 0.29) is 0 Å². The summed E-state index contributed by atoms with van der Waals surface area (Å²) in [4.78, 5) is 0. The highest BCUT2D eigenvalue weighted by atomic mass is 14.2. The molecule has 27 heavy (non-hydrogen) atoms. The van der Waals surface area contributed by atoms with Crippen molar-refractivity contribution in [2.75, 3.05) is 0 Å². The fraction of sp³-hybridized carbons (Fsp3) is 0.852. The molecule has 0 aliphatic heterocycles. The zero-order chi connectivity index (χ0) is 20.8. The third kappa shape index (κ3) is 14.0. The third-order valence-corrected chi connectivity index (χ3v) is 6.44. The zero-order valence-corrected chi connectivity index (χ0v) is 20.1. The first-order valence-corrected chi connectivity index (χ1v) is 11.8. The third-order valence-electron chi connectivity index (χ3n) is 6.44. The van der Waals surface area contributed by atoms with E-state index < -0.39 is 0 Å². The monoisotopic (exact) mass is 374 g/mol. The summed E-state index contributed by atoms with van der Waals surface area (Å²) in [6, 6.07) is 0. The second-order valence-corrected chi connectivity index (χ2v) is 9.91. The normalized spacial score (nSPS) is 18.6. The molecule has 0 N–H and O–H groups in total. The average Bonchev–Trinajstić information content (AvgIpc) is 2.61. The molecule has 0 aliphatic carbocycles. The molecule has 6 unspecified atom stereocenters. The molecule has 0 spiro atoms. The van der Waals surface area contributed by atoms with E-state index >= 15 is 0 Å². The average molecular weight is 375 g/mol. The molecule has 0 aromatic heterocycles. The van der Waals surface area contributed by atoms with Gasteiger partial charge in [0.05, 0.1) is 0 Å². The molecule has 0 rings (SSSR count). The predicted octanol–water partition coefficient (Wildman–Crippen LogP) is 8.77. The van der Waals surface area contributed by atoms with Crippen LogP contribution in [0.15, 0.2) is 12.2 Å². The van der Waals surface area contributed by atoms with Crippen molar-refractivity contribution in [1.29, 1.82) is 0 Å². The number of rotatable bonds is 13. The molecule has 0 heteroatoms. The molecule has 0 saturated carbocycles. The van der Waals surface area contributed by atoms with Crippen LogP contribution in [0, 0.1) is 53.3 Å². The van der Waals surface area contributed by atoms with Crippen LogP contribution in [-0.4, -0.2) is 0 Å². The summed E-state index contributed by atoms with van der Waals surface area (Å²) in [6.45, 7) is 21.1. The van der Waals surface area contributed by atoms with E-state index in [9.17, 15) is 0 Å². The topological polar surface area (TPSA) is 0 Å². The van der Waals surface area contributed by atoms with Gasteiger partial charge in [-0.1, -0.05) is 107 Å². The number of unbranched alkanes of at least 4 members (excludes halogenated alkanes) is 1. The Kier molecular flexibility index (Phi) is 14.9. The maximum absolute atomic E-state index is 3.51. The van der Waals surface area contributed by atoms with Gasteiger partial charge in [0, 0.05) is 12.3 Å². The molecule has 0 aromatic carbocycles. The summed E-state index contributed by atoms with van der Waals surface area (Å²) >= 11 is 0. The Hall–Kier alpha value is -0.700. The van der Waals surface area contributed by atoms with Gasteiger partial charge in [0.15, 0.2) is 0 Å². The van der Waals surface area contributed by atoms with Crippen molar-refractivity contribution in [3.05, 3.63) is 12.2 Å². The second-order valence-electron chi connectivity index (χ2n) is 9.91. The van der Waals surface area contributed by atoms with Crippen molar-refractivity contribution in [1.82, 2.24) is 0 Å². The van der Waals surface area contributed by atoms with E-state index in [2.05, 4.69) is 86.3 Å². The van der Waals surface area contributed by atoms with Gasteiger partial charge in [-0.2, -0.15) is 0 Å². The van der Waals surface area contributed by atoms with Crippen molar-refractivity contribution >= 4 is 0 Å². The fourth-order valence-electron chi connectivity index (χ4n) is 3.47. The zero-order valence-electron chi connectivity index (χ0n) is 20.1. The Bertz CT molecular complexity index is 433. The smallest absolute Gasteiger partial charge is 0.0177 e. The number of hydrogen-bond acceptors (Lipinski definition) is 0. The van der Waals surface area contributed by atoms with Gasteiger partial charge in [-0.25, -0.2) is 0 Å². The van der Waals surface area contributed by atoms with E-state index in [0.717, 1.165) is 30.1 Å². The second kappa shape index (κ2) is 15.2. The van der Waals surface area contributed by atoms with Crippen LogP contribution in [0.1, 0.15) is 107 Å². The fourth-order valence-corrected chi connectivity index (χ4v) is 3.47. The predicted molar refractivity (Wildman–Crippen MR) is 125 cm³/mol. The van der Waals surface area contributed by atoms with E-state index in [4.69, 9.17) is 0 Å². The highest BCUT2D eigenvalue weighted by Crippen LogP contribution is 2.23. The molecule has 0 aliphatic rings. The Morgan fingerprint density at radius 2 is 1.44 bits per heavy atom. The Balaban J connectivity index is 4.17. The lowest BCUT2D eigenvalue weighted by Crippen LogP contribution is -2.08. The Morgan fingerprint density at radius 3 is 2.04 bits per heavy atom. The first-order chi connectivity index (χ1) is 12.7. The van der Waals surface area contributed by atoms with Crippen LogP contribution >= 0.6 is 0 Å². The van der Waals surface area contributed by atoms with Gasteiger partial charge in [0.1, 0.15) is 0 Å². The molecule has 158 valence electrons. The highest BCUT2D eigenvalue weighted by molar-refractivity contribution is 5.06. The van der Waals surface area contributed by atoms with Crippen molar-refractivity contribution in [3.63, 3.8) is 0 Å². The Labute approximate surface area is 173 Å². The van der Waals surface area contributed by atoms with Crippen molar-refractivity contribution in [3.8, 4) is 11.8 Å². The van der Waals surface area contributed by atoms with E-state index in [1.165, 1.54) is 38.5 Å². The summed E-state index contributed by atoms with van der Waals surface area (Å²) in [6.07, 6.45) is 13.8. The molecule has 0 radical (unpaired) electrons. The summed E-state index contributed by atoms with van der Waals surface area (Å²) in [5.41, 5.74) is 0. The molecule has 0 fully saturated rings. The lowest BCUT2D eigenvalue weighted by Gasteiger charge is -2.19. The molecule has 0 aromatic rings. The van der Waals surface area contributed by atoms with Crippen molar-refractivity contribution < 1.29 is 0 Å². The van der Waals surface area contributed by atoms with Crippen molar-refractivity contribution in [2.45, 2.75) is 107 Å². The van der Waals surface area contributed by atoms with Gasteiger partial charge in [-0.3, -0.25) is 0 Å². The van der Waals surface area contributed by atoms with Crippen LogP contribution in [0.2, 0.25) is 0 Å². The number of allylic oxidation sites excluding steroid dienone is 2. The Morgan fingerprint density at radius 1 is 0.778 bits per heavy atom. The molecule has 0 nitrogen and oxygen atoms in total. The van der Waals surface area contributed by atoms with Crippen LogP contribution in [0.4, 0.5) is 0 Å². The molecular weight excluding hydrogens is 324 g/mol. The van der Waals surface area contributed by atoms with Crippen LogP contribution in [0.3, 0.4) is 0 Å². The minimum atomic E-state index is 0.526. The van der Waals surface area contributed by atoms with Crippen LogP contribution < -0.4 is 0 Å². The lowest BCUT2D eigenvalue weighted by atomic mass is 9.87. The quantitative estimate of drug-likeness (QED) is 0.223. The lowest BCUT2D eigenvalue weighted by molar-refractivity contribution is 0.334. The standard InChI is InChI=1S/C27H50/c1-10-11-15-26(8)27(9)19-16-22(4)13-12-14-23(5)20-24(6)17-18-25(7)21(2)3/h16,19,21-27H,10-11,13,15,17-18,20H2,1-9H3. The van der Waals surface area contributed by atoms with Gasteiger partial charge < -0.3 is 0 Å². The summed E-state index contributed by atoms with van der Waals surface area (Å²) in [7, 11) is 0. The maximum Gasteiger partial charge on any atom is 0.0177 e. The van der Waals surface area contributed by atoms with Gasteiger partial charge in [-0.05, 0) is 41.9 Å². The molecular formula is C27H50. The molecule has 6 atom stereocenters. The summed E-state index contributed by atoms with van der Waals surface area (Å²) in [5, 5.41) is 0. The SMILES string of the molecule is CCCCC(C)C(C)C=CC(C)CC#CC(C)CC(C)CCC(C)C(C)C. The van der Waals surface area contributed by atoms with E-state index in [0.29, 0.717) is 17.8 Å². The van der Waals surface area contributed by atoms with Crippen molar-refractivity contribution in [2.24, 2.45) is 41.4 Å². The van der Waals surface area contributed by atoms with Crippen LogP contribution in [-0.2, 0) is 0 Å². The van der Waals surface area contributed by atoms with Crippen LogP contribution in [0.5, 0.6) is 0 Å². The highest BCUT2D eigenvalue weighted by Gasteiger charge is 2.12. The van der Waals surface area contributed by atoms with Gasteiger partial charge >= 0.3 is 0 Å². The molecule has 0 saturated heterocycles. The molecule has 0 bridgehead atoms. The minimum Gasteiger partial charge on any atom is -0.102 e. The van der Waals surface area contributed by atoms with Gasteiger partial charge in [-0.15, -0.1) is 11.8 Å². The van der Waals surface area contributed by atoms with E-state index in [1.54, 1.807) is 0 Å². The minimum absolute atomic E-state index is 0.526. The summed E-state index contributed by atoms with van der Waals surface area (Å²) in [5.74, 6) is 12.0. The van der Waals surface area contributed by atoms with Gasteiger partial charge in [0.2, 0.25) is 0 Å². The van der Waals surface area contributed by atoms with Gasteiger partial charge in [0.25, 0.3) is 0 Å². The largest absolute Gasteiger partial charge is 0.102 e. The number of hydrogen-bond donors (Lipinski definition) is 0. The summed E-state index contributed by atoms with van der Waals surface area (Å²) < 4.78 is 0. The van der Waals surface area contributed by atoms with E-state index in [1.807, 2.05) is 0 Å². The maximum atomic E-state index is 3.51. The van der Waals surface area contributed by atoms with Crippen LogP contribution in [0.25, 0.3) is 0 Å². The first-order valence-electron chi connectivity index (χ1n) is 11.8.